The topological polar surface area (TPSA) is 26.9 Å². The Balaban J connectivity index is 0.899. The van der Waals surface area contributed by atoms with Crippen molar-refractivity contribution in [3.63, 3.8) is 0 Å². The lowest BCUT2D eigenvalue weighted by Gasteiger charge is -2.32. The summed E-state index contributed by atoms with van der Waals surface area (Å²) in [5.41, 5.74) is 24.8. The molecular formula is C80H49N2OP. The molecular weight excluding hydrogens is 1040 g/mol. The molecule has 4 heteroatoms. The zero-order valence-electron chi connectivity index (χ0n) is 45.5. The third kappa shape index (κ3) is 5.66. The Morgan fingerprint density at radius 2 is 0.500 bits per heavy atom. The van der Waals surface area contributed by atoms with E-state index >= 15 is 4.57 Å². The molecule has 2 spiro atoms. The first-order valence-corrected chi connectivity index (χ1v) is 30.9. The van der Waals surface area contributed by atoms with Crippen LogP contribution in [0.2, 0.25) is 0 Å². The van der Waals surface area contributed by atoms with E-state index in [9.17, 15) is 0 Å². The van der Waals surface area contributed by atoms with Crippen molar-refractivity contribution >= 4 is 66.7 Å². The van der Waals surface area contributed by atoms with Gasteiger partial charge in [-0.2, -0.15) is 0 Å². The molecule has 84 heavy (non-hydrogen) atoms. The first-order valence-electron chi connectivity index (χ1n) is 29.2. The van der Waals surface area contributed by atoms with Crippen LogP contribution in [0.25, 0.3) is 99.5 Å². The second-order valence-electron chi connectivity index (χ2n) is 23.3. The van der Waals surface area contributed by atoms with Crippen LogP contribution in [-0.2, 0) is 15.4 Å². The monoisotopic (exact) mass is 1080 g/mol. The van der Waals surface area contributed by atoms with E-state index in [1.807, 2.05) is 6.07 Å². The normalized spacial score (nSPS) is 14.8. The maximum Gasteiger partial charge on any atom is 0.171 e. The maximum absolute atomic E-state index is 17.9. The molecule has 4 aliphatic rings. The number of aromatic nitrogens is 2. The van der Waals surface area contributed by atoms with E-state index in [0.717, 1.165) is 38.4 Å². The molecule has 0 N–H and O–H groups in total. The van der Waals surface area contributed by atoms with Gasteiger partial charge in [0.1, 0.15) is 0 Å². The van der Waals surface area contributed by atoms with Crippen LogP contribution >= 0.6 is 7.14 Å². The molecule has 1 atom stereocenters. The molecule has 19 rings (SSSR count). The molecule has 0 bridgehead atoms. The van der Waals surface area contributed by atoms with Gasteiger partial charge in [-0.3, -0.25) is 0 Å². The van der Waals surface area contributed by atoms with E-state index in [-0.39, 0.29) is 0 Å². The van der Waals surface area contributed by atoms with Crippen LogP contribution in [0.5, 0.6) is 0 Å². The molecule has 0 aliphatic heterocycles. The van der Waals surface area contributed by atoms with Gasteiger partial charge in [-0.15, -0.1) is 0 Å². The van der Waals surface area contributed by atoms with Crippen molar-refractivity contribution in [2.75, 3.05) is 0 Å². The summed E-state index contributed by atoms with van der Waals surface area (Å²) in [4.78, 5) is 0. The van der Waals surface area contributed by atoms with Crippen LogP contribution < -0.4 is 15.9 Å². The first kappa shape index (κ1) is 46.3. The average molecular weight is 1090 g/mol. The second kappa shape index (κ2) is 16.7. The van der Waals surface area contributed by atoms with Gasteiger partial charge in [0.15, 0.2) is 7.14 Å². The molecule has 0 saturated heterocycles. The molecule has 15 aromatic rings. The highest BCUT2D eigenvalue weighted by Gasteiger charge is 2.54. The first-order chi connectivity index (χ1) is 41.6. The van der Waals surface area contributed by atoms with Crippen molar-refractivity contribution in [1.82, 2.24) is 9.13 Å². The minimum atomic E-state index is -3.70. The summed E-state index contributed by atoms with van der Waals surface area (Å²) in [6.07, 6.45) is 0. The SMILES string of the molecule is O=P(c1ccccc1)(c1ccc2c(c1)C1(c3ccccc3-c3ccccc31)c1ccccc1-2)c1ccc2c(c1)C1(c3ccccc3-2)c2cc(-n3c4ccccc4c4ccccc43)ccc2-c2ccc(-n3c4ccccc4c4ccccc43)cc21. The van der Waals surface area contributed by atoms with Crippen LogP contribution in [0.1, 0.15) is 44.5 Å². The average Bonchev–Trinajstić information content (AvgIpc) is 1.99. The molecule has 390 valence electrons. The van der Waals surface area contributed by atoms with E-state index in [4.69, 9.17) is 0 Å². The third-order valence-electron chi connectivity index (χ3n) is 19.6. The van der Waals surface area contributed by atoms with Gasteiger partial charge in [0.05, 0.1) is 32.9 Å². The summed E-state index contributed by atoms with van der Waals surface area (Å²) in [5, 5.41) is 7.33. The molecule has 0 amide bonds. The van der Waals surface area contributed by atoms with Crippen molar-refractivity contribution in [2.24, 2.45) is 0 Å². The molecule has 0 saturated carbocycles. The van der Waals surface area contributed by atoms with Gasteiger partial charge in [-0.1, -0.05) is 237 Å². The lowest BCUT2D eigenvalue weighted by Crippen LogP contribution is -2.31. The van der Waals surface area contributed by atoms with Gasteiger partial charge in [-0.05, 0) is 150 Å². The van der Waals surface area contributed by atoms with Gasteiger partial charge in [0.25, 0.3) is 0 Å². The Labute approximate surface area is 486 Å². The molecule has 3 nitrogen and oxygen atoms in total. The Hall–Kier alpha value is -10.3. The molecule has 0 radical (unpaired) electrons. The summed E-state index contributed by atoms with van der Waals surface area (Å²) in [6, 6.07) is 109. The van der Waals surface area contributed by atoms with Crippen LogP contribution in [0, 0.1) is 0 Å². The zero-order chi connectivity index (χ0) is 55.0. The summed E-state index contributed by atoms with van der Waals surface area (Å²) in [6.45, 7) is 0. The second-order valence-corrected chi connectivity index (χ2v) is 26.1. The summed E-state index contributed by atoms with van der Waals surface area (Å²) in [7, 11) is -3.70. The van der Waals surface area contributed by atoms with E-state index in [1.165, 1.54) is 122 Å². The number of fused-ring (bicyclic) bond motifs is 26. The van der Waals surface area contributed by atoms with Crippen LogP contribution in [0.15, 0.2) is 297 Å². The minimum Gasteiger partial charge on any atom is -0.309 e. The van der Waals surface area contributed by atoms with E-state index in [2.05, 4.69) is 300 Å². The number of nitrogens with zero attached hydrogens (tertiary/aromatic N) is 2. The molecule has 2 heterocycles. The number of benzene rings is 13. The third-order valence-corrected chi connectivity index (χ3v) is 22.7. The highest BCUT2D eigenvalue weighted by Crippen LogP contribution is 2.66. The van der Waals surface area contributed by atoms with Crippen LogP contribution in [0.3, 0.4) is 0 Å². The van der Waals surface area contributed by atoms with Crippen molar-refractivity contribution < 1.29 is 4.57 Å². The highest BCUT2D eigenvalue weighted by molar-refractivity contribution is 7.85. The Morgan fingerprint density at radius 1 is 0.226 bits per heavy atom. The Bertz CT molecular complexity index is 5110. The van der Waals surface area contributed by atoms with Gasteiger partial charge in [0.2, 0.25) is 0 Å². The molecule has 1 unspecified atom stereocenters. The van der Waals surface area contributed by atoms with Crippen LogP contribution in [-0.4, -0.2) is 9.13 Å². The number of hydrogen-bond acceptors (Lipinski definition) is 1. The summed E-state index contributed by atoms with van der Waals surface area (Å²) >= 11 is 0. The van der Waals surface area contributed by atoms with E-state index < -0.39 is 18.0 Å². The van der Waals surface area contributed by atoms with Crippen LogP contribution in [0.4, 0.5) is 0 Å². The predicted molar refractivity (Wildman–Crippen MR) is 347 cm³/mol. The number of para-hydroxylation sites is 4. The van der Waals surface area contributed by atoms with Gasteiger partial charge >= 0.3 is 0 Å². The minimum absolute atomic E-state index is 0.598. The predicted octanol–water partition coefficient (Wildman–Crippen LogP) is 18.2. The standard InChI is InChI=1S/C80H49N2OP/c83-84(52-20-2-1-3-21-52,53-40-44-61-57-24-6-14-32-69(57)79(73(61)48-53)67-30-12-4-22-55(67)56-23-5-13-31-68(56)79)54-41-45-62-58-25-7-15-33-70(58)80(74(62)49-54)71-46-50(81-75-34-16-8-26-63(75)64-27-9-17-35-76(64)81)38-42-59(71)60-43-39-51(47-72(60)80)82-77-36-18-10-28-65(77)66-29-11-19-37-78(66)82/h1-49H. The molecule has 2 aromatic heterocycles. The lowest BCUT2D eigenvalue weighted by atomic mass is 9.70. The van der Waals surface area contributed by atoms with Crippen molar-refractivity contribution in [2.45, 2.75) is 10.8 Å². The Kier molecular flexibility index (Phi) is 9.19. The zero-order valence-corrected chi connectivity index (χ0v) is 46.4. The van der Waals surface area contributed by atoms with E-state index in [0.29, 0.717) is 0 Å². The van der Waals surface area contributed by atoms with Crippen molar-refractivity contribution in [3.05, 3.63) is 342 Å². The lowest BCUT2D eigenvalue weighted by molar-refractivity contribution is 0.592. The molecule has 0 fully saturated rings. The van der Waals surface area contributed by atoms with Gasteiger partial charge in [0, 0.05) is 48.8 Å². The number of rotatable bonds is 5. The fraction of sp³-hybridized carbons (Fsp3) is 0.0250. The van der Waals surface area contributed by atoms with Gasteiger partial charge in [-0.25, -0.2) is 0 Å². The fourth-order valence-electron chi connectivity index (χ4n) is 16.4. The molecule has 4 aliphatic carbocycles. The summed E-state index contributed by atoms with van der Waals surface area (Å²) < 4.78 is 22.8. The van der Waals surface area contributed by atoms with E-state index in [1.54, 1.807) is 0 Å². The maximum atomic E-state index is 17.9. The molecule has 13 aromatic carbocycles. The summed E-state index contributed by atoms with van der Waals surface area (Å²) in [5.74, 6) is 0. The fourth-order valence-corrected chi connectivity index (χ4v) is 19.1. The highest BCUT2D eigenvalue weighted by atomic mass is 31.2. The smallest absolute Gasteiger partial charge is 0.171 e. The van der Waals surface area contributed by atoms with Crippen molar-refractivity contribution in [1.29, 1.82) is 0 Å². The number of hydrogen-bond donors (Lipinski definition) is 0. The largest absolute Gasteiger partial charge is 0.309 e. The van der Waals surface area contributed by atoms with Gasteiger partial charge < -0.3 is 13.7 Å². The quantitative estimate of drug-likeness (QED) is 0.158. The Morgan fingerprint density at radius 3 is 0.869 bits per heavy atom. The van der Waals surface area contributed by atoms with Crippen molar-refractivity contribution in [3.8, 4) is 55.9 Å².